The Kier molecular flexibility index (Phi) is 4.91. The van der Waals surface area contributed by atoms with Crippen LogP contribution in [0, 0.1) is 5.92 Å². The van der Waals surface area contributed by atoms with E-state index in [2.05, 4.69) is 60.8 Å². The van der Waals surface area contributed by atoms with E-state index in [1.54, 1.807) is 0 Å². The largest absolute Gasteiger partial charge is 0.396 e. The average Bonchev–Trinajstić information content (AvgIpc) is 2.88. The molecule has 2 nitrogen and oxygen atoms in total. The van der Waals surface area contributed by atoms with Gasteiger partial charge in [0, 0.05) is 19.2 Å². The van der Waals surface area contributed by atoms with E-state index in [-0.39, 0.29) is 6.61 Å². The van der Waals surface area contributed by atoms with Gasteiger partial charge in [-0.15, -0.1) is 0 Å². The van der Waals surface area contributed by atoms with Crippen LogP contribution in [-0.4, -0.2) is 18.3 Å². The molecule has 0 bridgehead atoms. The van der Waals surface area contributed by atoms with E-state index < -0.39 is 0 Å². The zero-order chi connectivity index (χ0) is 15.4. The van der Waals surface area contributed by atoms with Crippen molar-refractivity contribution in [1.82, 2.24) is 5.32 Å². The minimum atomic E-state index is 0.234. The third-order valence-electron chi connectivity index (χ3n) is 4.83. The van der Waals surface area contributed by atoms with Crippen LogP contribution in [0.2, 0.25) is 0 Å². The van der Waals surface area contributed by atoms with Gasteiger partial charge < -0.3 is 10.4 Å². The van der Waals surface area contributed by atoms with Crippen molar-refractivity contribution in [3.8, 4) is 0 Å². The van der Waals surface area contributed by atoms with E-state index in [1.165, 1.54) is 16.7 Å². The summed E-state index contributed by atoms with van der Waals surface area (Å²) in [6.45, 7) is 3.47. The lowest BCUT2D eigenvalue weighted by Crippen LogP contribution is -2.29. The third-order valence-corrected chi connectivity index (χ3v) is 4.83. The highest BCUT2D eigenvalue weighted by atomic mass is 16.3. The molecule has 0 aromatic heterocycles. The molecule has 3 atom stereocenters. The Morgan fingerprint density at radius 2 is 1.82 bits per heavy atom. The molecule has 0 spiro atoms. The maximum absolute atomic E-state index is 9.37. The molecular weight excluding hydrogens is 270 g/mol. The molecule has 0 amide bonds. The van der Waals surface area contributed by atoms with Gasteiger partial charge >= 0.3 is 0 Å². The highest BCUT2D eigenvalue weighted by molar-refractivity contribution is 5.35. The van der Waals surface area contributed by atoms with Gasteiger partial charge in [0.15, 0.2) is 0 Å². The molecule has 2 heteroatoms. The second-order valence-corrected chi connectivity index (χ2v) is 6.39. The lowest BCUT2D eigenvalue weighted by Gasteiger charge is -2.23. The summed E-state index contributed by atoms with van der Waals surface area (Å²) in [4.78, 5) is 0. The van der Waals surface area contributed by atoms with Crippen molar-refractivity contribution in [1.29, 1.82) is 0 Å². The quantitative estimate of drug-likeness (QED) is 0.852. The van der Waals surface area contributed by atoms with Gasteiger partial charge in [0.05, 0.1) is 0 Å². The van der Waals surface area contributed by atoms with Crippen LogP contribution in [0.25, 0.3) is 0 Å². The Morgan fingerprint density at radius 1 is 1.09 bits per heavy atom. The molecule has 116 valence electrons. The Balaban J connectivity index is 1.70. The van der Waals surface area contributed by atoms with E-state index in [0.717, 1.165) is 19.4 Å². The molecule has 2 aromatic rings. The van der Waals surface area contributed by atoms with E-state index in [4.69, 9.17) is 0 Å². The van der Waals surface area contributed by atoms with Gasteiger partial charge in [0.2, 0.25) is 0 Å². The van der Waals surface area contributed by atoms with Crippen molar-refractivity contribution in [2.45, 2.75) is 31.7 Å². The van der Waals surface area contributed by atoms with Crippen molar-refractivity contribution in [3.63, 3.8) is 0 Å². The van der Waals surface area contributed by atoms with Crippen molar-refractivity contribution in [3.05, 3.63) is 71.3 Å². The molecule has 1 aliphatic rings. The summed E-state index contributed by atoms with van der Waals surface area (Å²) >= 11 is 0. The fourth-order valence-electron chi connectivity index (χ4n) is 3.64. The Labute approximate surface area is 133 Å². The van der Waals surface area contributed by atoms with Crippen LogP contribution in [0.15, 0.2) is 54.6 Å². The van der Waals surface area contributed by atoms with Crippen LogP contribution in [0.4, 0.5) is 0 Å². The standard InChI is InChI=1S/C20H25NO/c1-15-13-17-9-5-6-10-19(17)20(15)21-14-18(11-12-22)16-7-3-2-4-8-16/h2-10,15,18,20-22H,11-14H2,1H3. The number of hydrogen-bond donors (Lipinski definition) is 2. The zero-order valence-electron chi connectivity index (χ0n) is 13.2. The highest BCUT2D eigenvalue weighted by Gasteiger charge is 2.29. The number of fused-ring (bicyclic) bond motifs is 1. The predicted molar refractivity (Wildman–Crippen MR) is 90.9 cm³/mol. The molecule has 1 aliphatic carbocycles. The van der Waals surface area contributed by atoms with Crippen LogP contribution in [0.5, 0.6) is 0 Å². The number of benzene rings is 2. The third kappa shape index (κ3) is 3.23. The molecule has 0 saturated heterocycles. The van der Waals surface area contributed by atoms with E-state index in [0.29, 0.717) is 17.9 Å². The minimum Gasteiger partial charge on any atom is -0.396 e. The Hall–Kier alpha value is -1.64. The van der Waals surface area contributed by atoms with Gasteiger partial charge in [-0.05, 0) is 41.4 Å². The summed E-state index contributed by atoms with van der Waals surface area (Å²) in [5, 5.41) is 13.1. The number of hydrogen-bond acceptors (Lipinski definition) is 2. The number of aliphatic hydroxyl groups excluding tert-OH is 1. The second kappa shape index (κ2) is 7.08. The summed E-state index contributed by atoms with van der Waals surface area (Å²) in [5.74, 6) is 0.995. The monoisotopic (exact) mass is 295 g/mol. The van der Waals surface area contributed by atoms with Crippen molar-refractivity contribution in [2.75, 3.05) is 13.2 Å². The second-order valence-electron chi connectivity index (χ2n) is 6.39. The van der Waals surface area contributed by atoms with Gasteiger partial charge in [0.25, 0.3) is 0 Å². The van der Waals surface area contributed by atoms with Crippen LogP contribution < -0.4 is 5.32 Å². The van der Waals surface area contributed by atoms with Crippen molar-refractivity contribution < 1.29 is 5.11 Å². The van der Waals surface area contributed by atoms with Gasteiger partial charge in [-0.3, -0.25) is 0 Å². The fourth-order valence-corrected chi connectivity index (χ4v) is 3.64. The van der Waals surface area contributed by atoms with E-state index in [1.807, 2.05) is 6.07 Å². The molecule has 3 unspecified atom stereocenters. The number of rotatable bonds is 6. The molecule has 0 saturated carbocycles. The van der Waals surface area contributed by atoms with E-state index >= 15 is 0 Å². The Bertz CT molecular complexity index is 596. The maximum Gasteiger partial charge on any atom is 0.0437 e. The highest BCUT2D eigenvalue weighted by Crippen LogP contribution is 2.36. The van der Waals surface area contributed by atoms with Crippen molar-refractivity contribution in [2.24, 2.45) is 5.92 Å². The van der Waals surface area contributed by atoms with Gasteiger partial charge in [-0.25, -0.2) is 0 Å². The van der Waals surface area contributed by atoms with Crippen LogP contribution in [0.3, 0.4) is 0 Å². The molecule has 3 rings (SSSR count). The maximum atomic E-state index is 9.37. The van der Waals surface area contributed by atoms with Crippen LogP contribution in [0.1, 0.15) is 42.0 Å². The summed E-state index contributed by atoms with van der Waals surface area (Å²) in [6, 6.07) is 19.7. The molecule has 0 fully saturated rings. The fraction of sp³-hybridized carbons (Fsp3) is 0.400. The molecule has 2 aromatic carbocycles. The number of nitrogens with one attached hydrogen (secondary N) is 1. The first kappa shape index (κ1) is 15.3. The van der Waals surface area contributed by atoms with Gasteiger partial charge in [0.1, 0.15) is 0 Å². The van der Waals surface area contributed by atoms with Gasteiger partial charge in [-0.1, -0.05) is 61.5 Å². The van der Waals surface area contributed by atoms with E-state index in [9.17, 15) is 5.11 Å². The first-order chi connectivity index (χ1) is 10.8. The predicted octanol–water partition coefficient (Wildman–Crippen LogP) is 3.68. The number of aliphatic hydroxyl groups is 1. The van der Waals surface area contributed by atoms with Crippen LogP contribution in [-0.2, 0) is 6.42 Å². The molecular formula is C20H25NO. The molecule has 0 radical (unpaired) electrons. The topological polar surface area (TPSA) is 32.3 Å². The van der Waals surface area contributed by atoms with Crippen LogP contribution >= 0.6 is 0 Å². The first-order valence-electron chi connectivity index (χ1n) is 8.26. The molecule has 22 heavy (non-hydrogen) atoms. The summed E-state index contributed by atoms with van der Waals surface area (Å²) in [6.07, 6.45) is 1.96. The molecule has 0 aliphatic heterocycles. The normalized spacial score (nSPS) is 21.5. The summed E-state index contributed by atoms with van der Waals surface area (Å²) in [5.41, 5.74) is 4.24. The summed E-state index contributed by atoms with van der Waals surface area (Å²) < 4.78 is 0. The molecule has 0 heterocycles. The smallest absolute Gasteiger partial charge is 0.0437 e. The van der Waals surface area contributed by atoms with Crippen molar-refractivity contribution >= 4 is 0 Å². The molecule has 2 N–H and O–H groups in total. The zero-order valence-corrected chi connectivity index (χ0v) is 13.2. The first-order valence-corrected chi connectivity index (χ1v) is 8.26. The summed E-state index contributed by atoms with van der Waals surface area (Å²) in [7, 11) is 0. The Morgan fingerprint density at radius 3 is 2.59 bits per heavy atom. The van der Waals surface area contributed by atoms with Gasteiger partial charge in [-0.2, -0.15) is 0 Å². The minimum absolute atomic E-state index is 0.234. The lowest BCUT2D eigenvalue weighted by atomic mass is 9.94. The SMILES string of the molecule is CC1Cc2ccccc2C1NCC(CCO)c1ccccc1. The average molecular weight is 295 g/mol. The lowest BCUT2D eigenvalue weighted by molar-refractivity contribution is 0.270.